The Morgan fingerprint density at radius 1 is 1.12 bits per heavy atom. The van der Waals surface area contributed by atoms with Crippen LogP contribution in [0.4, 0.5) is 0 Å². The van der Waals surface area contributed by atoms with E-state index in [9.17, 15) is 14.7 Å². The van der Waals surface area contributed by atoms with Gasteiger partial charge in [0.15, 0.2) is 0 Å². The van der Waals surface area contributed by atoms with Gasteiger partial charge in [0.2, 0.25) is 5.91 Å². The fourth-order valence-electron chi connectivity index (χ4n) is 3.48. The molecule has 1 amide bonds. The lowest BCUT2D eigenvalue weighted by atomic mass is 10.1. The maximum atomic E-state index is 12.1. The van der Waals surface area contributed by atoms with Gasteiger partial charge in [-0.25, -0.2) is 5.43 Å². The molecule has 3 aromatic rings. The molecule has 2 N–H and O–H groups in total. The number of aliphatic hydroxyl groups is 1. The maximum Gasteiger partial charge on any atom is 0.308 e. The van der Waals surface area contributed by atoms with Crippen molar-refractivity contribution in [2.75, 3.05) is 0 Å². The SMILES string of the molecule is CC(=O)Oc1ccc(-n2c(C)cc(/C=N\NC(=O)CC[C@H](O)c3ccccc3)c2C)cc1. The molecule has 0 saturated heterocycles. The van der Waals surface area contributed by atoms with Gasteiger partial charge in [-0.1, -0.05) is 30.3 Å². The Morgan fingerprint density at radius 3 is 2.47 bits per heavy atom. The predicted octanol–water partition coefficient (Wildman–Crippen LogP) is 3.98. The Morgan fingerprint density at radius 2 is 1.81 bits per heavy atom. The summed E-state index contributed by atoms with van der Waals surface area (Å²) in [5, 5.41) is 14.2. The van der Waals surface area contributed by atoms with E-state index in [0.717, 1.165) is 28.2 Å². The third-order valence-corrected chi connectivity index (χ3v) is 5.05. The van der Waals surface area contributed by atoms with Crippen LogP contribution in [0.3, 0.4) is 0 Å². The Hall–Kier alpha value is -3.71. The molecule has 1 atom stereocenters. The van der Waals surface area contributed by atoms with Crippen molar-refractivity contribution in [2.45, 2.75) is 39.7 Å². The van der Waals surface area contributed by atoms with Crippen LogP contribution >= 0.6 is 0 Å². The van der Waals surface area contributed by atoms with Crippen molar-refractivity contribution in [1.29, 1.82) is 0 Å². The lowest BCUT2D eigenvalue weighted by Crippen LogP contribution is -2.18. The average Bonchev–Trinajstić information content (AvgIpc) is 3.06. The molecule has 0 spiro atoms. The molecule has 0 aliphatic heterocycles. The fourth-order valence-corrected chi connectivity index (χ4v) is 3.48. The molecule has 0 aliphatic rings. The summed E-state index contributed by atoms with van der Waals surface area (Å²) in [6, 6.07) is 18.5. The maximum absolute atomic E-state index is 12.1. The van der Waals surface area contributed by atoms with Gasteiger partial charge in [-0.15, -0.1) is 0 Å². The largest absolute Gasteiger partial charge is 0.427 e. The minimum Gasteiger partial charge on any atom is -0.427 e. The zero-order chi connectivity index (χ0) is 23.1. The number of esters is 1. The standard InChI is InChI=1S/C25H27N3O4/c1-17-15-21(18(2)28(17)22-9-11-23(12-10-22)32-19(3)29)16-26-27-25(31)14-13-24(30)20-7-5-4-6-8-20/h4-12,15-16,24,30H,13-14H2,1-3H3,(H,27,31)/b26-16-/t24-/m0/s1. The van der Waals surface area contributed by atoms with Crippen molar-refractivity contribution in [3.05, 3.63) is 83.2 Å². The van der Waals surface area contributed by atoms with Crippen molar-refractivity contribution < 1.29 is 19.4 Å². The van der Waals surface area contributed by atoms with Crippen molar-refractivity contribution >= 4 is 18.1 Å². The smallest absolute Gasteiger partial charge is 0.308 e. The molecule has 1 heterocycles. The summed E-state index contributed by atoms with van der Waals surface area (Å²) in [7, 11) is 0. The number of hydrogen-bond donors (Lipinski definition) is 2. The summed E-state index contributed by atoms with van der Waals surface area (Å²) >= 11 is 0. The van der Waals surface area contributed by atoms with Crippen molar-refractivity contribution in [3.63, 3.8) is 0 Å². The number of aryl methyl sites for hydroxylation is 1. The highest BCUT2D eigenvalue weighted by atomic mass is 16.5. The number of nitrogens with zero attached hydrogens (tertiary/aromatic N) is 2. The molecule has 7 heteroatoms. The minimum atomic E-state index is -0.683. The number of carbonyl (C=O) groups is 2. The second-order valence-electron chi connectivity index (χ2n) is 7.51. The van der Waals surface area contributed by atoms with Crippen LogP contribution in [0.25, 0.3) is 5.69 Å². The molecule has 0 radical (unpaired) electrons. The first-order valence-electron chi connectivity index (χ1n) is 10.4. The fraction of sp³-hybridized carbons (Fsp3) is 0.240. The van der Waals surface area contributed by atoms with E-state index in [1.54, 1.807) is 18.3 Å². The second-order valence-corrected chi connectivity index (χ2v) is 7.51. The number of amides is 1. The van der Waals surface area contributed by atoms with E-state index in [1.807, 2.05) is 62.4 Å². The Labute approximate surface area is 187 Å². The first-order valence-corrected chi connectivity index (χ1v) is 10.4. The topological polar surface area (TPSA) is 92.9 Å². The number of aromatic nitrogens is 1. The lowest BCUT2D eigenvalue weighted by molar-refractivity contribution is -0.131. The Balaban J connectivity index is 1.59. The molecule has 3 rings (SSSR count). The van der Waals surface area contributed by atoms with Crippen molar-refractivity contribution in [3.8, 4) is 11.4 Å². The van der Waals surface area contributed by atoms with Crippen molar-refractivity contribution in [2.24, 2.45) is 5.10 Å². The van der Waals surface area contributed by atoms with E-state index in [-0.39, 0.29) is 18.3 Å². The Bertz CT molecular complexity index is 1100. The highest BCUT2D eigenvalue weighted by molar-refractivity contribution is 5.84. The normalized spacial score (nSPS) is 12.0. The van der Waals surface area contributed by atoms with Gasteiger partial charge in [-0.05, 0) is 56.2 Å². The summed E-state index contributed by atoms with van der Waals surface area (Å²) < 4.78 is 7.13. The van der Waals surface area contributed by atoms with Gasteiger partial charge in [0.25, 0.3) is 0 Å². The molecular formula is C25H27N3O4. The van der Waals surface area contributed by atoms with Gasteiger partial charge in [0, 0.05) is 36.0 Å². The minimum absolute atomic E-state index is 0.168. The van der Waals surface area contributed by atoms with Crippen LogP contribution in [0.2, 0.25) is 0 Å². The third-order valence-electron chi connectivity index (χ3n) is 5.05. The number of rotatable bonds is 8. The van der Waals surface area contributed by atoms with Crippen LogP contribution < -0.4 is 10.2 Å². The molecule has 0 aliphatic carbocycles. The van der Waals surface area contributed by atoms with E-state index >= 15 is 0 Å². The Kier molecular flexibility index (Phi) is 7.57. The van der Waals surface area contributed by atoms with E-state index < -0.39 is 6.10 Å². The molecule has 2 aromatic carbocycles. The molecule has 7 nitrogen and oxygen atoms in total. The van der Waals surface area contributed by atoms with Gasteiger partial charge in [0.05, 0.1) is 12.3 Å². The second kappa shape index (κ2) is 10.5. The third kappa shape index (κ3) is 5.92. The van der Waals surface area contributed by atoms with Gasteiger partial charge < -0.3 is 14.4 Å². The van der Waals surface area contributed by atoms with Crippen LogP contribution in [-0.2, 0) is 9.59 Å². The van der Waals surface area contributed by atoms with Gasteiger partial charge in [-0.3, -0.25) is 9.59 Å². The zero-order valence-electron chi connectivity index (χ0n) is 18.4. The summed E-state index contributed by atoms with van der Waals surface area (Å²) in [5.74, 6) is -0.127. The molecule has 0 fully saturated rings. The molecule has 32 heavy (non-hydrogen) atoms. The van der Waals surface area contributed by atoms with Crippen molar-refractivity contribution in [1.82, 2.24) is 9.99 Å². The summed E-state index contributed by atoms with van der Waals surface area (Å²) in [4.78, 5) is 23.2. The van der Waals surface area contributed by atoms with E-state index in [0.29, 0.717) is 12.2 Å². The quantitative estimate of drug-likeness (QED) is 0.243. The van der Waals surface area contributed by atoms with Gasteiger partial charge >= 0.3 is 5.97 Å². The zero-order valence-corrected chi connectivity index (χ0v) is 18.4. The number of hydrogen-bond acceptors (Lipinski definition) is 5. The first-order chi connectivity index (χ1) is 15.3. The number of ether oxygens (including phenoxy) is 1. The number of nitrogens with one attached hydrogen (secondary N) is 1. The number of aliphatic hydroxyl groups excluding tert-OH is 1. The summed E-state index contributed by atoms with van der Waals surface area (Å²) in [5.41, 5.74) is 7.07. The lowest BCUT2D eigenvalue weighted by Gasteiger charge is -2.10. The molecule has 1 aromatic heterocycles. The molecule has 166 valence electrons. The number of hydrazone groups is 1. The van der Waals surface area contributed by atoms with Crippen LogP contribution in [0.1, 0.15) is 48.4 Å². The molecular weight excluding hydrogens is 406 g/mol. The predicted molar refractivity (Wildman–Crippen MR) is 123 cm³/mol. The number of carbonyl (C=O) groups excluding carboxylic acids is 2. The molecule has 0 bridgehead atoms. The monoisotopic (exact) mass is 433 g/mol. The van der Waals surface area contributed by atoms with E-state index in [2.05, 4.69) is 15.1 Å². The number of benzene rings is 2. The van der Waals surface area contributed by atoms with Crippen LogP contribution in [0, 0.1) is 13.8 Å². The van der Waals surface area contributed by atoms with E-state index in [1.165, 1.54) is 6.92 Å². The van der Waals surface area contributed by atoms with E-state index in [4.69, 9.17) is 4.74 Å². The first kappa shape index (κ1) is 23.0. The van der Waals surface area contributed by atoms with Crippen LogP contribution in [0.15, 0.2) is 65.8 Å². The van der Waals surface area contributed by atoms with Crippen LogP contribution in [-0.4, -0.2) is 27.8 Å². The van der Waals surface area contributed by atoms with Gasteiger partial charge in [-0.2, -0.15) is 5.10 Å². The summed E-state index contributed by atoms with van der Waals surface area (Å²) in [6.07, 6.45) is 1.42. The molecule has 0 saturated carbocycles. The average molecular weight is 434 g/mol. The van der Waals surface area contributed by atoms with Gasteiger partial charge in [0.1, 0.15) is 5.75 Å². The van der Waals surface area contributed by atoms with Crippen LogP contribution in [0.5, 0.6) is 5.75 Å². The highest BCUT2D eigenvalue weighted by Crippen LogP contribution is 2.22. The molecule has 0 unspecified atom stereocenters. The summed E-state index contributed by atoms with van der Waals surface area (Å²) in [6.45, 7) is 5.31. The highest BCUT2D eigenvalue weighted by Gasteiger charge is 2.11.